The number of aromatic nitrogens is 1. The van der Waals surface area contributed by atoms with E-state index in [1.807, 2.05) is 50.5 Å². The lowest BCUT2D eigenvalue weighted by Gasteiger charge is -2.18. The number of nitrogens with two attached hydrogens (primary N) is 1. The van der Waals surface area contributed by atoms with Gasteiger partial charge in [0, 0.05) is 24.6 Å². The molecule has 2 aromatic rings. The highest BCUT2D eigenvalue weighted by Crippen LogP contribution is 2.28. The molecule has 1 amide bonds. The summed E-state index contributed by atoms with van der Waals surface area (Å²) in [5.41, 5.74) is 9.82. The second-order valence-corrected chi connectivity index (χ2v) is 5.37. The van der Waals surface area contributed by atoms with E-state index >= 15 is 0 Å². The van der Waals surface area contributed by atoms with Crippen molar-refractivity contribution in [3.8, 4) is 5.69 Å². The summed E-state index contributed by atoms with van der Waals surface area (Å²) in [6.07, 6.45) is 3.49. The number of cyclic esters (lactones) is 1. The number of aryl methyl sites for hydroxylation is 2. The van der Waals surface area contributed by atoms with Crippen molar-refractivity contribution in [1.82, 2.24) is 4.57 Å². The van der Waals surface area contributed by atoms with Crippen LogP contribution in [0.5, 0.6) is 0 Å². The molecule has 3 rings (SSSR count). The first kappa shape index (κ1) is 13.7. The Labute approximate surface area is 123 Å². The summed E-state index contributed by atoms with van der Waals surface area (Å²) in [7, 11) is 0. The Morgan fingerprint density at radius 2 is 1.86 bits per heavy atom. The number of carbonyl (C=O) groups excluding carboxylic acids is 1. The van der Waals surface area contributed by atoms with Crippen LogP contribution >= 0.6 is 0 Å². The minimum absolute atomic E-state index is 0.220. The number of nitrogens with zero attached hydrogens (tertiary/aromatic N) is 2. The van der Waals surface area contributed by atoms with Gasteiger partial charge in [-0.05, 0) is 49.2 Å². The van der Waals surface area contributed by atoms with Crippen molar-refractivity contribution in [1.29, 1.82) is 0 Å². The van der Waals surface area contributed by atoms with Gasteiger partial charge in [-0.1, -0.05) is 0 Å². The Bertz CT molecular complexity index is 641. The van der Waals surface area contributed by atoms with Gasteiger partial charge in [-0.25, -0.2) is 4.79 Å². The van der Waals surface area contributed by atoms with E-state index in [-0.39, 0.29) is 12.2 Å². The summed E-state index contributed by atoms with van der Waals surface area (Å²) in [6.45, 7) is 4.96. The van der Waals surface area contributed by atoms with Crippen molar-refractivity contribution < 1.29 is 9.53 Å². The third-order valence-electron chi connectivity index (χ3n) is 3.79. The van der Waals surface area contributed by atoms with E-state index < -0.39 is 0 Å². The van der Waals surface area contributed by atoms with Crippen LogP contribution in [-0.4, -0.2) is 29.9 Å². The molecule has 1 atom stereocenters. The predicted molar refractivity (Wildman–Crippen MR) is 81.9 cm³/mol. The van der Waals surface area contributed by atoms with E-state index in [4.69, 9.17) is 10.5 Å². The third kappa shape index (κ3) is 2.40. The Morgan fingerprint density at radius 1 is 1.24 bits per heavy atom. The van der Waals surface area contributed by atoms with Crippen LogP contribution in [-0.2, 0) is 4.74 Å². The lowest BCUT2D eigenvalue weighted by molar-refractivity contribution is 0.145. The summed E-state index contributed by atoms with van der Waals surface area (Å²) in [6, 6.07) is 8.03. The summed E-state index contributed by atoms with van der Waals surface area (Å²) in [5.74, 6) is 0. The maximum Gasteiger partial charge on any atom is 0.414 e. The molecule has 0 bridgehead atoms. The maximum absolute atomic E-state index is 11.9. The highest BCUT2D eigenvalue weighted by molar-refractivity contribution is 5.90. The van der Waals surface area contributed by atoms with Gasteiger partial charge in [-0.3, -0.25) is 4.90 Å². The largest absolute Gasteiger partial charge is 0.443 e. The zero-order valence-electron chi connectivity index (χ0n) is 12.2. The molecule has 1 aliphatic heterocycles. The fraction of sp³-hybridized carbons (Fsp3) is 0.312. The lowest BCUT2D eigenvalue weighted by Crippen LogP contribution is -2.27. The first-order valence-electron chi connectivity index (χ1n) is 7.03. The SMILES string of the molecule is Cc1cc(N2C[C@H](CN)OC2=O)cc(C)c1-n1cccc1. The highest BCUT2D eigenvalue weighted by atomic mass is 16.6. The van der Waals surface area contributed by atoms with Gasteiger partial charge in [0.25, 0.3) is 0 Å². The van der Waals surface area contributed by atoms with Crippen LogP contribution in [0.4, 0.5) is 10.5 Å². The molecule has 1 aromatic carbocycles. The van der Waals surface area contributed by atoms with Crippen LogP contribution in [0.15, 0.2) is 36.7 Å². The fourth-order valence-corrected chi connectivity index (χ4v) is 2.83. The van der Waals surface area contributed by atoms with Crippen LogP contribution < -0.4 is 10.6 Å². The van der Waals surface area contributed by atoms with Gasteiger partial charge in [0.2, 0.25) is 0 Å². The Hall–Kier alpha value is -2.27. The molecule has 2 N–H and O–H groups in total. The monoisotopic (exact) mass is 285 g/mol. The first-order valence-corrected chi connectivity index (χ1v) is 7.03. The molecule has 110 valence electrons. The molecule has 0 aliphatic carbocycles. The molecule has 21 heavy (non-hydrogen) atoms. The number of hydrogen-bond donors (Lipinski definition) is 1. The van der Waals surface area contributed by atoms with Crippen LogP contribution in [0.1, 0.15) is 11.1 Å². The minimum Gasteiger partial charge on any atom is -0.443 e. The van der Waals surface area contributed by atoms with Crippen molar-refractivity contribution >= 4 is 11.8 Å². The standard InChI is InChI=1S/C16H19N3O2/c1-11-7-13(19-10-14(9-17)21-16(19)20)8-12(2)15(11)18-5-3-4-6-18/h3-8,14H,9-10,17H2,1-2H3/t14-/m0/s1. The first-order chi connectivity index (χ1) is 10.1. The number of ether oxygens (including phenoxy) is 1. The van der Waals surface area contributed by atoms with Gasteiger partial charge in [0.1, 0.15) is 6.10 Å². The van der Waals surface area contributed by atoms with Gasteiger partial charge < -0.3 is 15.0 Å². The van der Waals surface area contributed by atoms with Crippen molar-refractivity contribution in [2.24, 2.45) is 5.73 Å². The molecule has 1 fully saturated rings. The van der Waals surface area contributed by atoms with Gasteiger partial charge in [-0.2, -0.15) is 0 Å². The van der Waals surface area contributed by atoms with Crippen molar-refractivity contribution in [2.45, 2.75) is 20.0 Å². The minimum atomic E-state index is -0.321. The molecule has 0 spiro atoms. The number of benzene rings is 1. The van der Waals surface area contributed by atoms with E-state index in [0.29, 0.717) is 13.1 Å². The average Bonchev–Trinajstić information content (AvgIpc) is 3.07. The van der Waals surface area contributed by atoms with E-state index in [1.54, 1.807) is 4.90 Å². The molecule has 2 heterocycles. The van der Waals surface area contributed by atoms with E-state index in [0.717, 1.165) is 22.5 Å². The smallest absolute Gasteiger partial charge is 0.414 e. The zero-order chi connectivity index (χ0) is 15.0. The molecule has 1 aromatic heterocycles. The number of carbonyl (C=O) groups is 1. The highest BCUT2D eigenvalue weighted by Gasteiger charge is 2.31. The second-order valence-electron chi connectivity index (χ2n) is 5.37. The number of amides is 1. The van der Waals surface area contributed by atoms with Crippen LogP contribution in [0, 0.1) is 13.8 Å². The lowest BCUT2D eigenvalue weighted by atomic mass is 10.1. The molecule has 0 radical (unpaired) electrons. The number of hydrogen-bond acceptors (Lipinski definition) is 3. The summed E-state index contributed by atoms with van der Waals surface area (Å²) >= 11 is 0. The molecular formula is C16H19N3O2. The Kier molecular flexibility index (Phi) is 3.43. The molecule has 1 saturated heterocycles. The van der Waals surface area contributed by atoms with Crippen LogP contribution in [0.2, 0.25) is 0 Å². The summed E-state index contributed by atoms with van der Waals surface area (Å²) in [5, 5.41) is 0. The topological polar surface area (TPSA) is 60.5 Å². The molecule has 1 aliphatic rings. The molecule has 0 unspecified atom stereocenters. The molecule has 0 saturated carbocycles. The predicted octanol–water partition coefficient (Wildman–Crippen LogP) is 2.38. The number of rotatable bonds is 3. The van der Waals surface area contributed by atoms with Gasteiger partial charge >= 0.3 is 6.09 Å². The molecule has 5 heteroatoms. The maximum atomic E-state index is 11.9. The van der Waals surface area contributed by atoms with Crippen molar-refractivity contribution in [3.63, 3.8) is 0 Å². The molecule has 5 nitrogen and oxygen atoms in total. The van der Waals surface area contributed by atoms with Crippen molar-refractivity contribution in [2.75, 3.05) is 18.0 Å². The summed E-state index contributed by atoms with van der Waals surface area (Å²) < 4.78 is 7.30. The van der Waals surface area contributed by atoms with Gasteiger partial charge in [0.15, 0.2) is 0 Å². The second kappa shape index (κ2) is 5.26. The quantitative estimate of drug-likeness (QED) is 0.942. The van der Waals surface area contributed by atoms with E-state index in [2.05, 4.69) is 4.57 Å². The van der Waals surface area contributed by atoms with Gasteiger partial charge in [-0.15, -0.1) is 0 Å². The van der Waals surface area contributed by atoms with E-state index in [9.17, 15) is 4.79 Å². The zero-order valence-corrected chi connectivity index (χ0v) is 12.2. The van der Waals surface area contributed by atoms with E-state index in [1.165, 1.54) is 0 Å². The normalized spacial score (nSPS) is 18.1. The van der Waals surface area contributed by atoms with Crippen LogP contribution in [0.3, 0.4) is 0 Å². The third-order valence-corrected chi connectivity index (χ3v) is 3.79. The summed E-state index contributed by atoms with van der Waals surface area (Å²) in [4.78, 5) is 13.6. The van der Waals surface area contributed by atoms with Crippen LogP contribution in [0.25, 0.3) is 5.69 Å². The van der Waals surface area contributed by atoms with Crippen molar-refractivity contribution in [3.05, 3.63) is 47.8 Å². The van der Waals surface area contributed by atoms with Gasteiger partial charge in [0.05, 0.1) is 12.2 Å². The Morgan fingerprint density at radius 3 is 2.38 bits per heavy atom. The molecular weight excluding hydrogens is 266 g/mol. The fourth-order valence-electron chi connectivity index (χ4n) is 2.83. The average molecular weight is 285 g/mol. The Balaban J connectivity index is 1.98. The number of anilines is 1.